The first-order valence-corrected chi connectivity index (χ1v) is 5.60. The van der Waals surface area contributed by atoms with Gasteiger partial charge in [-0.15, -0.1) is 0 Å². The lowest BCUT2D eigenvalue weighted by Crippen LogP contribution is -1.94. The van der Waals surface area contributed by atoms with E-state index >= 15 is 0 Å². The van der Waals surface area contributed by atoms with E-state index in [0.29, 0.717) is 5.75 Å². The Kier molecular flexibility index (Phi) is 3.38. The van der Waals surface area contributed by atoms with Crippen LogP contribution in [0.1, 0.15) is 5.56 Å². The van der Waals surface area contributed by atoms with E-state index in [9.17, 15) is 8.78 Å². The number of hydrogen-bond donors (Lipinski definition) is 0. The Labute approximate surface area is 105 Å². The first-order valence-electron chi connectivity index (χ1n) is 4.81. The molecule has 2 nitrogen and oxygen atoms in total. The average Bonchev–Trinajstić information content (AvgIpc) is 2.27. The van der Waals surface area contributed by atoms with E-state index in [1.807, 2.05) is 19.1 Å². The fourth-order valence-corrected chi connectivity index (χ4v) is 1.61. The van der Waals surface area contributed by atoms with Crippen molar-refractivity contribution in [2.24, 2.45) is 0 Å². The summed E-state index contributed by atoms with van der Waals surface area (Å²) in [5.41, 5.74) is 0.832. The predicted octanol–water partition coefficient (Wildman–Crippen LogP) is 4.22. The summed E-state index contributed by atoms with van der Waals surface area (Å²) in [4.78, 5) is 3.56. The van der Waals surface area contributed by atoms with Crippen molar-refractivity contribution in [3.05, 3.63) is 52.1 Å². The zero-order valence-electron chi connectivity index (χ0n) is 8.88. The minimum atomic E-state index is -0.829. The van der Waals surface area contributed by atoms with Gasteiger partial charge in [0.2, 0.25) is 0 Å². The van der Waals surface area contributed by atoms with Gasteiger partial charge in [-0.1, -0.05) is 22.0 Å². The van der Waals surface area contributed by atoms with Crippen LogP contribution < -0.4 is 4.74 Å². The predicted molar refractivity (Wildman–Crippen MR) is 63.1 cm³/mol. The second kappa shape index (κ2) is 4.79. The van der Waals surface area contributed by atoms with E-state index in [-0.39, 0.29) is 5.88 Å². The quantitative estimate of drug-likeness (QED) is 0.828. The highest BCUT2D eigenvalue weighted by Crippen LogP contribution is 2.28. The van der Waals surface area contributed by atoms with Crippen LogP contribution in [0.4, 0.5) is 8.78 Å². The van der Waals surface area contributed by atoms with Crippen molar-refractivity contribution in [1.82, 2.24) is 4.98 Å². The van der Waals surface area contributed by atoms with Crippen molar-refractivity contribution in [3.63, 3.8) is 0 Å². The normalized spacial score (nSPS) is 10.4. The summed E-state index contributed by atoms with van der Waals surface area (Å²) in [5, 5.41) is 0. The molecule has 0 bridgehead atoms. The molecule has 0 saturated heterocycles. The zero-order valence-corrected chi connectivity index (χ0v) is 10.5. The van der Waals surface area contributed by atoms with Crippen molar-refractivity contribution >= 4 is 15.9 Å². The largest absolute Gasteiger partial charge is 0.436 e. The molecule has 0 N–H and O–H groups in total. The summed E-state index contributed by atoms with van der Waals surface area (Å²) in [6.45, 7) is 1.82. The third-order valence-electron chi connectivity index (χ3n) is 2.13. The molecule has 2 aromatic rings. The van der Waals surface area contributed by atoms with Gasteiger partial charge in [0.05, 0.1) is 6.20 Å². The average molecular weight is 300 g/mol. The fourth-order valence-electron chi connectivity index (χ4n) is 1.27. The van der Waals surface area contributed by atoms with Crippen molar-refractivity contribution in [2.75, 3.05) is 0 Å². The summed E-state index contributed by atoms with van der Waals surface area (Å²) in [7, 11) is 0. The zero-order chi connectivity index (χ0) is 12.4. The lowest BCUT2D eigenvalue weighted by molar-refractivity contribution is 0.414. The van der Waals surface area contributed by atoms with Crippen LogP contribution in [-0.4, -0.2) is 4.98 Å². The lowest BCUT2D eigenvalue weighted by Gasteiger charge is -2.08. The van der Waals surface area contributed by atoms with Crippen LogP contribution in [0.15, 0.2) is 34.9 Å². The highest BCUT2D eigenvalue weighted by atomic mass is 79.9. The van der Waals surface area contributed by atoms with E-state index in [0.717, 1.165) is 22.3 Å². The standard InChI is InChI=1S/C12H8BrF2NO/c1-7-2-3-8(13)4-11(7)17-12-10(15)5-9(14)6-16-12/h2-6H,1H3. The van der Waals surface area contributed by atoms with Gasteiger partial charge in [-0.05, 0) is 24.6 Å². The van der Waals surface area contributed by atoms with Crippen molar-refractivity contribution in [2.45, 2.75) is 6.92 Å². The molecule has 0 aliphatic carbocycles. The van der Waals surface area contributed by atoms with Crippen LogP contribution >= 0.6 is 15.9 Å². The van der Waals surface area contributed by atoms with Gasteiger partial charge >= 0.3 is 0 Å². The van der Waals surface area contributed by atoms with E-state index in [1.54, 1.807) is 6.07 Å². The molecule has 0 aliphatic heterocycles. The van der Waals surface area contributed by atoms with Crippen molar-refractivity contribution in [3.8, 4) is 11.6 Å². The second-order valence-electron chi connectivity index (χ2n) is 3.45. The number of hydrogen-bond acceptors (Lipinski definition) is 2. The van der Waals surface area contributed by atoms with Gasteiger partial charge in [-0.3, -0.25) is 0 Å². The number of aromatic nitrogens is 1. The molecule has 0 unspecified atom stereocenters. The van der Waals surface area contributed by atoms with Crippen LogP contribution in [0.3, 0.4) is 0 Å². The number of ether oxygens (including phenoxy) is 1. The van der Waals surface area contributed by atoms with Gasteiger partial charge in [0.15, 0.2) is 5.82 Å². The van der Waals surface area contributed by atoms with Gasteiger partial charge < -0.3 is 4.74 Å². The third kappa shape index (κ3) is 2.79. The molecule has 0 spiro atoms. The third-order valence-corrected chi connectivity index (χ3v) is 2.62. The van der Waals surface area contributed by atoms with Gasteiger partial charge in [-0.25, -0.2) is 13.8 Å². The lowest BCUT2D eigenvalue weighted by atomic mass is 10.2. The number of halogens is 3. The monoisotopic (exact) mass is 299 g/mol. The molecule has 2 rings (SSSR count). The Bertz CT molecular complexity index is 560. The van der Waals surface area contributed by atoms with E-state index in [1.165, 1.54) is 0 Å². The maximum atomic E-state index is 13.3. The molecule has 0 radical (unpaired) electrons. The smallest absolute Gasteiger partial charge is 0.256 e. The number of pyridine rings is 1. The van der Waals surface area contributed by atoms with Gasteiger partial charge in [-0.2, -0.15) is 0 Å². The van der Waals surface area contributed by atoms with Crippen LogP contribution in [0.25, 0.3) is 0 Å². The Balaban J connectivity index is 2.34. The van der Waals surface area contributed by atoms with Crippen molar-refractivity contribution in [1.29, 1.82) is 0 Å². The molecule has 0 saturated carbocycles. The highest BCUT2D eigenvalue weighted by molar-refractivity contribution is 9.10. The number of aryl methyl sites for hydroxylation is 1. The molecule has 0 atom stereocenters. The molecule has 5 heteroatoms. The van der Waals surface area contributed by atoms with Crippen LogP contribution in [0.5, 0.6) is 11.6 Å². The molecule has 1 aromatic carbocycles. The molecule has 1 aromatic heterocycles. The Morgan fingerprint density at radius 1 is 1.24 bits per heavy atom. The maximum Gasteiger partial charge on any atom is 0.256 e. The highest BCUT2D eigenvalue weighted by Gasteiger charge is 2.09. The molecule has 0 aliphatic rings. The molecular formula is C12H8BrF2NO. The second-order valence-corrected chi connectivity index (χ2v) is 4.37. The number of rotatable bonds is 2. The molecule has 17 heavy (non-hydrogen) atoms. The molecule has 1 heterocycles. The summed E-state index contributed by atoms with van der Waals surface area (Å²) in [6, 6.07) is 6.09. The van der Waals surface area contributed by atoms with Crippen LogP contribution in [0.2, 0.25) is 0 Å². The topological polar surface area (TPSA) is 22.1 Å². The molecule has 88 valence electrons. The van der Waals surface area contributed by atoms with E-state index < -0.39 is 11.6 Å². The van der Waals surface area contributed by atoms with Crippen molar-refractivity contribution < 1.29 is 13.5 Å². The summed E-state index contributed by atoms with van der Waals surface area (Å²) in [5.74, 6) is -1.34. The Morgan fingerprint density at radius 3 is 2.71 bits per heavy atom. The minimum absolute atomic E-state index is 0.243. The molecule has 0 fully saturated rings. The van der Waals surface area contributed by atoms with Crippen LogP contribution in [-0.2, 0) is 0 Å². The SMILES string of the molecule is Cc1ccc(Br)cc1Oc1ncc(F)cc1F. The van der Waals surface area contributed by atoms with Crippen LogP contribution in [0, 0.1) is 18.6 Å². The first kappa shape index (κ1) is 12.0. The minimum Gasteiger partial charge on any atom is -0.436 e. The maximum absolute atomic E-state index is 13.3. The fraction of sp³-hybridized carbons (Fsp3) is 0.0833. The van der Waals surface area contributed by atoms with E-state index in [2.05, 4.69) is 20.9 Å². The number of benzene rings is 1. The molecule has 0 amide bonds. The van der Waals surface area contributed by atoms with E-state index in [4.69, 9.17) is 4.74 Å². The summed E-state index contributed by atoms with van der Waals surface area (Å²) >= 11 is 3.29. The Morgan fingerprint density at radius 2 is 2.00 bits per heavy atom. The first-order chi connectivity index (χ1) is 8.06. The Hall–Kier alpha value is -1.49. The number of nitrogens with zero attached hydrogens (tertiary/aromatic N) is 1. The van der Waals surface area contributed by atoms with Gasteiger partial charge in [0.25, 0.3) is 5.88 Å². The van der Waals surface area contributed by atoms with Gasteiger partial charge in [0.1, 0.15) is 11.6 Å². The summed E-state index contributed by atoms with van der Waals surface area (Å²) < 4.78 is 32.1. The van der Waals surface area contributed by atoms with Gasteiger partial charge in [0, 0.05) is 10.5 Å². The summed E-state index contributed by atoms with van der Waals surface area (Å²) in [6.07, 6.45) is 0.908. The molecular weight excluding hydrogens is 292 g/mol.